The predicted molar refractivity (Wildman–Crippen MR) is 109 cm³/mol. The molecule has 0 aliphatic heterocycles. The molecule has 134 valence electrons. The summed E-state index contributed by atoms with van der Waals surface area (Å²) in [5.41, 5.74) is 4.13. The highest BCUT2D eigenvalue weighted by molar-refractivity contribution is 7.12. The van der Waals surface area contributed by atoms with Crippen LogP contribution in [0.1, 0.15) is 28.2 Å². The molecule has 0 bridgehead atoms. The van der Waals surface area contributed by atoms with Crippen LogP contribution in [-0.2, 0) is 0 Å². The van der Waals surface area contributed by atoms with Gasteiger partial charge in [0.15, 0.2) is 0 Å². The highest BCUT2D eigenvalue weighted by atomic mass is 32.1. The third-order valence-electron chi connectivity index (χ3n) is 4.50. The van der Waals surface area contributed by atoms with E-state index < -0.39 is 0 Å². The summed E-state index contributed by atoms with van der Waals surface area (Å²) in [6.45, 7) is 2.00. The van der Waals surface area contributed by atoms with Crippen LogP contribution in [0.3, 0.4) is 0 Å². The van der Waals surface area contributed by atoms with Crippen molar-refractivity contribution in [3.05, 3.63) is 95.2 Å². The number of nitrogens with zero attached hydrogens (tertiary/aromatic N) is 2. The second kappa shape index (κ2) is 7.60. The van der Waals surface area contributed by atoms with Crippen LogP contribution in [-0.4, -0.2) is 15.5 Å². The topological polar surface area (TPSA) is 46.9 Å². The minimum absolute atomic E-state index is 0.0463. The Kier molecular flexibility index (Phi) is 4.85. The fourth-order valence-corrected chi connectivity index (χ4v) is 3.84. The number of rotatable bonds is 5. The normalized spacial score (nSPS) is 11.9. The maximum absolute atomic E-state index is 12.8. The summed E-state index contributed by atoms with van der Waals surface area (Å²) < 4.78 is 1.95. The fourth-order valence-electron chi connectivity index (χ4n) is 3.02. The van der Waals surface area contributed by atoms with Crippen molar-refractivity contribution in [2.75, 3.05) is 0 Å². The van der Waals surface area contributed by atoms with Crippen LogP contribution in [0, 0.1) is 0 Å². The maximum atomic E-state index is 12.8. The molecule has 4 rings (SSSR count). The van der Waals surface area contributed by atoms with Crippen molar-refractivity contribution in [3.63, 3.8) is 0 Å². The zero-order chi connectivity index (χ0) is 18.6. The average Bonchev–Trinajstić information content (AvgIpc) is 3.41. The molecule has 1 N–H and O–H groups in total. The van der Waals surface area contributed by atoms with Crippen LogP contribution >= 0.6 is 11.3 Å². The molecule has 2 aromatic heterocycles. The molecule has 2 aromatic carbocycles. The van der Waals surface area contributed by atoms with Crippen molar-refractivity contribution in [3.8, 4) is 16.8 Å². The Bertz CT molecular complexity index is 1020. The highest BCUT2D eigenvalue weighted by Crippen LogP contribution is 2.28. The Morgan fingerprint density at radius 3 is 2.56 bits per heavy atom. The second-order valence-electron chi connectivity index (χ2n) is 6.29. The van der Waals surface area contributed by atoms with Gasteiger partial charge in [-0.25, -0.2) is 4.98 Å². The quantitative estimate of drug-likeness (QED) is 0.529. The van der Waals surface area contributed by atoms with E-state index in [0.29, 0.717) is 0 Å². The lowest BCUT2D eigenvalue weighted by molar-refractivity contribution is 0.0944. The largest absolute Gasteiger partial charge is 0.345 e. The number of imidazole rings is 1. The Labute approximate surface area is 162 Å². The first-order valence-corrected chi connectivity index (χ1v) is 9.62. The standard InChI is InChI=1S/C22H19N3OS/c1-16(17-7-9-19(10-8-17)25-13-12-23-15-25)24-22(26)21-20(11-14-27-21)18-5-3-2-4-6-18/h2-16H,1H3,(H,24,26)/t16-/m0/s1. The van der Waals surface area contributed by atoms with Crippen molar-refractivity contribution in [2.24, 2.45) is 0 Å². The number of hydrogen-bond acceptors (Lipinski definition) is 3. The number of thiophene rings is 1. The molecule has 4 aromatic rings. The van der Waals surface area contributed by atoms with Gasteiger partial charge in [-0.1, -0.05) is 42.5 Å². The molecule has 2 heterocycles. The van der Waals surface area contributed by atoms with Crippen LogP contribution in [0.25, 0.3) is 16.8 Å². The first kappa shape index (κ1) is 17.2. The van der Waals surface area contributed by atoms with E-state index in [9.17, 15) is 4.79 Å². The summed E-state index contributed by atoms with van der Waals surface area (Å²) in [5.74, 6) is -0.0463. The molecule has 0 fully saturated rings. The molecule has 0 spiro atoms. The lowest BCUT2D eigenvalue weighted by Gasteiger charge is -2.15. The van der Waals surface area contributed by atoms with Gasteiger partial charge in [0.25, 0.3) is 5.91 Å². The summed E-state index contributed by atoms with van der Waals surface area (Å²) in [4.78, 5) is 17.6. The number of benzene rings is 2. The smallest absolute Gasteiger partial charge is 0.262 e. The average molecular weight is 373 g/mol. The Balaban J connectivity index is 1.50. The van der Waals surface area contributed by atoms with E-state index in [-0.39, 0.29) is 11.9 Å². The van der Waals surface area contributed by atoms with E-state index in [2.05, 4.69) is 10.3 Å². The number of aromatic nitrogens is 2. The van der Waals surface area contributed by atoms with Gasteiger partial charge in [0, 0.05) is 23.6 Å². The molecule has 27 heavy (non-hydrogen) atoms. The molecule has 0 aliphatic rings. The van der Waals surface area contributed by atoms with Gasteiger partial charge in [0.1, 0.15) is 0 Å². The van der Waals surface area contributed by atoms with E-state index in [4.69, 9.17) is 0 Å². The van der Waals surface area contributed by atoms with E-state index >= 15 is 0 Å². The number of nitrogens with one attached hydrogen (secondary N) is 1. The summed E-state index contributed by atoms with van der Waals surface area (Å²) >= 11 is 1.47. The number of carbonyl (C=O) groups excluding carboxylic acids is 1. The minimum Gasteiger partial charge on any atom is -0.345 e. The molecule has 0 radical (unpaired) electrons. The molecular formula is C22H19N3OS. The Hall–Kier alpha value is -3.18. The van der Waals surface area contributed by atoms with Crippen molar-refractivity contribution in [1.82, 2.24) is 14.9 Å². The van der Waals surface area contributed by atoms with E-state index in [0.717, 1.165) is 27.3 Å². The molecule has 0 aliphatic carbocycles. The summed E-state index contributed by atoms with van der Waals surface area (Å²) in [6.07, 6.45) is 5.42. The molecule has 1 amide bonds. The van der Waals surface area contributed by atoms with Crippen LogP contribution in [0.15, 0.2) is 84.8 Å². The van der Waals surface area contributed by atoms with Gasteiger partial charge in [-0.05, 0) is 41.6 Å². The van der Waals surface area contributed by atoms with Gasteiger partial charge in [-0.15, -0.1) is 11.3 Å². The number of hydrogen-bond donors (Lipinski definition) is 1. The van der Waals surface area contributed by atoms with E-state index in [1.54, 1.807) is 12.5 Å². The third-order valence-corrected chi connectivity index (χ3v) is 5.41. The molecule has 1 atom stereocenters. The van der Waals surface area contributed by atoms with Crippen LogP contribution in [0.2, 0.25) is 0 Å². The predicted octanol–water partition coefficient (Wildman–Crippen LogP) is 5.09. The molecule has 0 saturated carbocycles. The second-order valence-corrected chi connectivity index (χ2v) is 7.20. The summed E-state index contributed by atoms with van der Waals surface area (Å²) in [6, 6.07) is 20.0. The zero-order valence-corrected chi connectivity index (χ0v) is 15.7. The monoisotopic (exact) mass is 373 g/mol. The van der Waals surface area contributed by atoms with Crippen molar-refractivity contribution in [1.29, 1.82) is 0 Å². The first-order valence-electron chi connectivity index (χ1n) is 8.74. The van der Waals surface area contributed by atoms with E-state index in [1.165, 1.54) is 11.3 Å². The Morgan fingerprint density at radius 2 is 1.85 bits per heavy atom. The Morgan fingerprint density at radius 1 is 1.07 bits per heavy atom. The van der Waals surface area contributed by atoms with Crippen LogP contribution in [0.5, 0.6) is 0 Å². The highest BCUT2D eigenvalue weighted by Gasteiger charge is 2.17. The minimum atomic E-state index is -0.0833. The van der Waals surface area contributed by atoms with Gasteiger partial charge in [-0.2, -0.15) is 0 Å². The summed E-state index contributed by atoms with van der Waals surface area (Å²) in [5, 5.41) is 5.08. The molecule has 0 saturated heterocycles. The van der Waals surface area contributed by atoms with Crippen molar-refractivity contribution >= 4 is 17.2 Å². The number of carbonyl (C=O) groups is 1. The first-order chi connectivity index (χ1) is 13.2. The lowest BCUT2D eigenvalue weighted by atomic mass is 10.1. The van der Waals surface area contributed by atoms with Gasteiger partial charge in [-0.3, -0.25) is 4.79 Å². The van der Waals surface area contributed by atoms with Gasteiger partial charge >= 0.3 is 0 Å². The van der Waals surface area contributed by atoms with Gasteiger partial charge in [0.05, 0.1) is 17.2 Å². The van der Waals surface area contributed by atoms with Crippen LogP contribution < -0.4 is 5.32 Å². The van der Waals surface area contributed by atoms with Crippen molar-refractivity contribution in [2.45, 2.75) is 13.0 Å². The van der Waals surface area contributed by atoms with E-state index in [1.807, 2.05) is 83.7 Å². The molecular weight excluding hydrogens is 354 g/mol. The molecule has 5 heteroatoms. The molecule has 4 nitrogen and oxygen atoms in total. The van der Waals surface area contributed by atoms with Crippen LogP contribution in [0.4, 0.5) is 0 Å². The summed E-state index contributed by atoms with van der Waals surface area (Å²) in [7, 11) is 0. The third kappa shape index (κ3) is 3.68. The zero-order valence-electron chi connectivity index (χ0n) is 14.9. The lowest BCUT2D eigenvalue weighted by Crippen LogP contribution is -2.26. The van der Waals surface area contributed by atoms with Crippen molar-refractivity contribution < 1.29 is 4.79 Å². The SMILES string of the molecule is C[C@H](NC(=O)c1sccc1-c1ccccc1)c1ccc(-n2ccnc2)cc1. The van der Waals surface area contributed by atoms with Gasteiger partial charge in [0.2, 0.25) is 0 Å². The fraction of sp³-hybridized carbons (Fsp3) is 0.0909. The van der Waals surface area contributed by atoms with Gasteiger partial charge < -0.3 is 9.88 Å². The molecule has 0 unspecified atom stereocenters. The maximum Gasteiger partial charge on any atom is 0.262 e. The number of amides is 1.